The van der Waals surface area contributed by atoms with E-state index in [9.17, 15) is 0 Å². The molecule has 0 aliphatic carbocycles. The Morgan fingerprint density at radius 2 is 2.04 bits per heavy atom. The summed E-state index contributed by atoms with van der Waals surface area (Å²) in [4.78, 5) is 14.6. The van der Waals surface area contributed by atoms with Crippen LogP contribution in [0.1, 0.15) is 37.6 Å². The van der Waals surface area contributed by atoms with Crippen molar-refractivity contribution < 1.29 is 9.47 Å². The minimum absolute atomic E-state index is 0.0832. The molecule has 1 atom stereocenters. The Kier molecular flexibility index (Phi) is 4.92. The lowest BCUT2D eigenvalue weighted by atomic mass is 9.90. The van der Waals surface area contributed by atoms with Crippen molar-refractivity contribution in [2.75, 3.05) is 37.0 Å². The van der Waals surface area contributed by atoms with Gasteiger partial charge in [0.15, 0.2) is 5.16 Å². The summed E-state index contributed by atoms with van der Waals surface area (Å²) >= 11 is 3.50. The summed E-state index contributed by atoms with van der Waals surface area (Å²) in [5, 5.41) is 2.14. The van der Waals surface area contributed by atoms with Crippen molar-refractivity contribution in [2.45, 2.75) is 51.0 Å². The Balaban J connectivity index is 1.86. The molecule has 0 spiro atoms. The van der Waals surface area contributed by atoms with Gasteiger partial charge in [-0.1, -0.05) is 25.6 Å². The number of hydrogen-bond acceptors (Lipinski definition) is 7. The lowest BCUT2D eigenvalue weighted by Crippen LogP contribution is -2.37. The second-order valence-corrected chi connectivity index (χ2v) is 9.13. The van der Waals surface area contributed by atoms with Gasteiger partial charge in [0.2, 0.25) is 0 Å². The number of nitrogens with zero attached hydrogens (tertiary/aromatic N) is 3. The fourth-order valence-electron chi connectivity index (χ4n) is 3.46. The molecule has 1 saturated heterocycles. The first-order valence-corrected chi connectivity index (χ1v) is 10.9. The fourth-order valence-corrected chi connectivity index (χ4v) is 5.18. The van der Waals surface area contributed by atoms with Crippen LogP contribution in [0.2, 0.25) is 0 Å². The maximum atomic E-state index is 6.16. The second kappa shape index (κ2) is 7.02. The molecule has 25 heavy (non-hydrogen) atoms. The third-order valence-electron chi connectivity index (χ3n) is 5.13. The van der Waals surface area contributed by atoms with Crippen LogP contribution in [0.4, 0.5) is 5.82 Å². The number of aromatic nitrogens is 2. The van der Waals surface area contributed by atoms with E-state index in [4.69, 9.17) is 19.4 Å². The highest BCUT2D eigenvalue weighted by Gasteiger charge is 2.34. The third kappa shape index (κ3) is 3.27. The lowest BCUT2D eigenvalue weighted by molar-refractivity contribution is -0.0543. The van der Waals surface area contributed by atoms with Crippen molar-refractivity contribution in [3.05, 3.63) is 10.4 Å². The van der Waals surface area contributed by atoms with Gasteiger partial charge in [-0.2, -0.15) is 0 Å². The molecule has 0 unspecified atom stereocenters. The van der Waals surface area contributed by atoms with E-state index in [0.717, 1.165) is 60.7 Å². The molecule has 0 radical (unpaired) electrons. The maximum absolute atomic E-state index is 6.16. The van der Waals surface area contributed by atoms with Crippen LogP contribution in [0.15, 0.2) is 5.16 Å². The number of fused-ring (bicyclic) bond motifs is 3. The largest absolute Gasteiger partial charge is 0.378 e. The summed E-state index contributed by atoms with van der Waals surface area (Å²) < 4.78 is 11.7. The summed E-state index contributed by atoms with van der Waals surface area (Å²) in [6, 6.07) is 0. The van der Waals surface area contributed by atoms with E-state index in [1.165, 1.54) is 15.8 Å². The Morgan fingerprint density at radius 3 is 2.76 bits per heavy atom. The van der Waals surface area contributed by atoms with Gasteiger partial charge in [0, 0.05) is 24.4 Å². The zero-order valence-corrected chi connectivity index (χ0v) is 16.8. The molecule has 136 valence electrons. The molecule has 0 bridgehead atoms. The Hall–Kier alpha value is -0.890. The molecular formula is C18H25N3O2S2. The molecule has 0 aromatic carbocycles. The van der Waals surface area contributed by atoms with Crippen LogP contribution in [-0.2, 0) is 22.5 Å². The summed E-state index contributed by atoms with van der Waals surface area (Å²) in [5.74, 6) is 2.08. The average molecular weight is 380 g/mol. The molecule has 0 N–H and O–H groups in total. The topological polar surface area (TPSA) is 47.5 Å². The second-order valence-electron chi connectivity index (χ2n) is 6.82. The first-order chi connectivity index (χ1) is 12.1. The Morgan fingerprint density at radius 1 is 1.24 bits per heavy atom. The van der Waals surface area contributed by atoms with Gasteiger partial charge in [-0.15, -0.1) is 11.3 Å². The van der Waals surface area contributed by atoms with Crippen LogP contribution in [0.25, 0.3) is 10.2 Å². The highest BCUT2D eigenvalue weighted by Crippen LogP contribution is 2.43. The number of rotatable bonds is 4. The molecule has 2 aromatic rings. The first-order valence-electron chi connectivity index (χ1n) is 9.05. The summed E-state index contributed by atoms with van der Waals surface area (Å²) in [7, 11) is 0. The molecule has 5 nitrogen and oxygen atoms in total. The predicted molar refractivity (Wildman–Crippen MR) is 104 cm³/mol. The molecule has 1 fully saturated rings. The fraction of sp³-hybridized carbons (Fsp3) is 0.667. The van der Waals surface area contributed by atoms with Crippen LogP contribution in [0, 0.1) is 0 Å². The molecule has 2 aliphatic heterocycles. The van der Waals surface area contributed by atoms with Gasteiger partial charge in [-0.25, -0.2) is 9.97 Å². The normalized spacial score (nSPS) is 23.9. The van der Waals surface area contributed by atoms with Crippen molar-refractivity contribution in [3.63, 3.8) is 0 Å². The summed E-state index contributed by atoms with van der Waals surface area (Å²) in [6.07, 6.45) is 1.96. The van der Waals surface area contributed by atoms with Crippen LogP contribution in [0.5, 0.6) is 0 Å². The molecule has 0 amide bonds. The smallest absolute Gasteiger partial charge is 0.190 e. The lowest BCUT2D eigenvalue weighted by Gasteiger charge is -2.34. The van der Waals surface area contributed by atoms with Gasteiger partial charge >= 0.3 is 0 Å². The van der Waals surface area contributed by atoms with Crippen LogP contribution >= 0.6 is 23.1 Å². The SMILES string of the molecule is CCSc1nc(N2CCOCC2)c2c3c(sc2n1)CO[C@@](C)(CC)C3. The van der Waals surface area contributed by atoms with Gasteiger partial charge in [0.25, 0.3) is 0 Å². The van der Waals surface area contributed by atoms with E-state index in [1.807, 2.05) is 0 Å². The van der Waals surface area contributed by atoms with Gasteiger partial charge in [0.1, 0.15) is 10.6 Å². The number of hydrogen-bond donors (Lipinski definition) is 0. The number of anilines is 1. The number of morpholine rings is 1. The van der Waals surface area contributed by atoms with Crippen LogP contribution < -0.4 is 4.90 Å². The number of thiophene rings is 1. The van der Waals surface area contributed by atoms with Crippen molar-refractivity contribution in [2.24, 2.45) is 0 Å². The predicted octanol–water partition coefficient (Wildman–Crippen LogP) is 3.88. The van der Waals surface area contributed by atoms with E-state index < -0.39 is 0 Å². The van der Waals surface area contributed by atoms with E-state index in [2.05, 4.69) is 25.7 Å². The molecule has 2 aromatic heterocycles. The third-order valence-corrected chi connectivity index (χ3v) is 6.96. The molecule has 7 heteroatoms. The zero-order valence-electron chi connectivity index (χ0n) is 15.1. The standard InChI is InChI=1S/C18H25N3O2S2/c1-4-18(3)10-12-13(11-23-18)25-16-14(12)15(19-17(20-16)24-5-2)21-6-8-22-9-7-21/h4-11H2,1-3H3/t18-/m0/s1. The highest BCUT2D eigenvalue weighted by atomic mass is 32.2. The van der Waals surface area contributed by atoms with Gasteiger partial charge < -0.3 is 14.4 Å². The van der Waals surface area contributed by atoms with Crippen molar-refractivity contribution in [1.29, 1.82) is 0 Å². The highest BCUT2D eigenvalue weighted by molar-refractivity contribution is 7.99. The maximum Gasteiger partial charge on any atom is 0.190 e. The van der Waals surface area contributed by atoms with E-state index in [-0.39, 0.29) is 5.60 Å². The molecule has 4 rings (SSSR count). The molecular weight excluding hydrogens is 354 g/mol. The molecule has 0 saturated carbocycles. The van der Waals surface area contributed by atoms with Crippen molar-refractivity contribution in [3.8, 4) is 0 Å². The van der Waals surface area contributed by atoms with E-state index >= 15 is 0 Å². The molecule has 4 heterocycles. The van der Waals surface area contributed by atoms with E-state index in [1.54, 1.807) is 23.1 Å². The summed E-state index contributed by atoms with van der Waals surface area (Å²) in [6.45, 7) is 10.6. The van der Waals surface area contributed by atoms with Gasteiger partial charge in [-0.05, 0) is 24.7 Å². The van der Waals surface area contributed by atoms with Gasteiger partial charge in [0.05, 0.1) is 30.8 Å². The zero-order chi connectivity index (χ0) is 17.4. The monoisotopic (exact) mass is 379 g/mol. The molecule has 2 aliphatic rings. The first kappa shape index (κ1) is 17.5. The number of ether oxygens (including phenoxy) is 2. The summed E-state index contributed by atoms with van der Waals surface area (Å²) in [5.41, 5.74) is 1.32. The quantitative estimate of drug-likeness (QED) is 0.593. The van der Waals surface area contributed by atoms with E-state index in [0.29, 0.717) is 6.61 Å². The Labute approximate surface area is 157 Å². The Bertz CT molecular complexity index is 773. The van der Waals surface area contributed by atoms with Crippen LogP contribution in [-0.4, -0.2) is 47.6 Å². The minimum atomic E-state index is -0.0832. The minimum Gasteiger partial charge on any atom is -0.378 e. The van der Waals surface area contributed by atoms with Gasteiger partial charge in [-0.3, -0.25) is 0 Å². The number of thioether (sulfide) groups is 1. The van der Waals surface area contributed by atoms with Crippen LogP contribution in [0.3, 0.4) is 0 Å². The average Bonchev–Trinajstić information content (AvgIpc) is 2.99. The van der Waals surface area contributed by atoms with Crippen molar-refractivity contribution >= 4 is 39.1 Å². The van der Waals surface area contributed by atoms with Crippen molar-refractivity contribution in [1.82, 2.24) is 9.97 Å².